The van der Waals surface area contributed by atoms with Gasteiger partial charge in [-0.1, -0.05) is 29.4 Å². The quantitative estimate of drug-likeness (QED) is 0.881. The van der Waals surface area contributed by atoms with E-state index in [0.717, 1.165) is 29.7 Å². The van der Waals surface area contributed by atoms with Gasteiger partial charge >= 0.3 is 0 Å². The number of hydrogen-bond donors (Lipinski definition) is 1. The third kappa shape index (κ3) is 4.02. The summed E-state index contributed by atoms with van der Waals surface area (Å²) in [7, 11) is 0. The fourth-order valence-corrected chi connectivity index (χ4v) is 1.86. The van der Waals surface area contributed by atoms with E-state index in [1.54, 1.807) is 11.3 Å². The Labute approximate surface area is 91.2 Å². The van der Waals surface area contributed by atoms with Crippen LogP contribution in [0.3, 0.4) is 0 Å². The molecule has 0 aliphatic rings. The summed E-state index contributed by atoms with van der Waals surface area (Å²) in [5, 5.41) is 6.54. The fraction of sp³-hybridized carbons (Fsp3) is 0.444. The maximum atomic E-state index is 4.44. The van der Waals surface area contributed by atoms with E-state index in [1.165, 1.54) is 5.01 Å². The van der Waals surface area contributed by atoms with Gasteiger partial charge in [-0.2, -0.15) is 0 Å². The number of halogens is 1. The standard InChI is InChI=1S/C9H13BrN2S/c1-3-9-12-8(6-13-9)5-11-4-7(2)10/h6,11H,2-5H2,1H3. The lowest BCUT2D eigenvalue weighted by Crippen LogP contribution is -2.14. The zero-order valence-corrected chi connectivity index (χ0v) is 10.0. The molecule has 0 unspecified atom stereocenters. The summed E-state index contributed by atoms with van der Waals surface area (Å²) in [5.74, 6) is 0. The maximum Gasteiger partial charge on any atom is 0.0926 e. The minimum Gasteiger partial charge on any atom is -0.307 e. The molecule has 0 fully saturated rings. The Bertz CT molecular complexity index is 283. The molecule has 4 heteroatoms. The highest BCUT2D eigenvalue weighted by atomic mass is 79.9. The van der Waals surface area contributed by atoms with E-state index < -0.39 is 0 Å². The van der Waals surface area contributed by atoms with Crippen LogP contribution in [0.1, 0.15) is 17.6 Å². The van der Waals surface area contributed by atoms with Crippen molar-refractivity contribution in [2.45, 2.75) is 19.9 Å². The SMILES string of the molecule is C=C(Br)CNCc1csc(CC)n1. The van der Waals surface area contributed by atoms with Crippen LogP contribution in [0.5, 0.6) is 0 Å². The van der Waals surface area contributed by atoms with Gasteiger partial charge in [-0.25, -0.2) is 4.98 Å². The summed E-state index contributed by atoms with van der Waals surface area (Å²) in [4.78, 5) is 4.44. The molecule has 0 atom stereocenters. The first-order chi connectivity index (χ1) is 6.22. The molecular formula is C9H13BrN2S. The molecule has 0 aliphatic carbocycles. The summed E-state index contributed by atoms with van der Waals surface area (Å²) in [6, 6.07) is 0. The lowest BCUT2D eigenvalue weighted by molar-refractivity contribution is 0.739. The molecule has 1 rings (SSSR count). The summed E-state index contributed by atoms with van der Waals surface area (Å²) in [6.07, 6.45) is 1.02. The van der Waals surface area contributed by atoms with Crippen molar-refractivity contribution in [1.82, 2.24) is 10.3 Å². The van der Waals surface area contributed by atoms with Crippen molar-refractivity contribution >= 4 is 27.3 Å². The second-order valence-electron chi connectivity index (χ2n) is 2.71. The fourth-order valence-electron chi connectivity index (χ4n) is 0.919. The van der Waals surface area contributed by atoms with Gasteiger partial charge in [-0.3, -0.25) is 0 Å². The van der Waals surface area contributed by atoms with E-state index >= 15 is 0 Å². The zero-order chi connectivity index (χ0) is 9.68. The van der Waals surface area contributed by atoms with Crippen LogP contribution in [-0.4, -0.2) is 11.5 Å². The summed E-state index contributed by atoms with van der Waals surface area (Å²) < 4.78 is 0.971. The first-order valence-electron chi connectivity index (χ1n) is 4.19. The van der Waals surface area contributed by atoms with E-state index in [1.807, 2.05) is 0 Å². The number of hydrogen-bond acceptors (Lipinski definition) is 3. The molecule has 1 N–H and O–H groups in total. The second kappa shape index (κ2) is 5.52. The van der Waals surface area contributed by atoms with Crippen LogP contribution in [-0.2, 0) is 13.0 Å². The smallest absolute Gasteiger partial charge is 0.0926 e. The van der Waals surface area contributed by atoms with E-state index in [2.05, 4.69) is 45.1 Å². The molecule has 0 saturated carbocycles. The Hall–Kier alpha value is -0.190. The van der Waals surface area contributed by atoms with E-state index in [0.29, 0.717) is 0 Å². The molecule has 0 bridgehead atoms. The molecule has 0 aromatic carbocycles. The third-order valence-corrected chi connectivity index (χ3v) is 2.85. The highest BCUT2D eigenvalue weighted by Crippen LogP contribution is 2.09. The molecule has 0 aliphatic heterocycles. The first kappa shape index (κ1) is 10.9. The van der Waals surface area contributed by atoms with Crippen LogP contribution >= 0.6 is 27.3 Å². The Morgan fingerprint density at radius 2 is 2.54 bits per heavy atom. The highest BCUT2D eigenvalue weighted by molar-refractivity contribution is 9.11. The molecule has 1 heterocycles. The molecule has 0 amide bonds. The van der Waals surface area contributed by atoms with Gasteiger partial charge in [-0.15, -0.1) is 11.3 Å². The van der Waals surface area contributed by atoms with Crippen LogP contribution in [0.15, 0.2) is 16.4 Å². The van der Waals surface area contributed by atoms with Crippen molar-refractivity contribution in [3.8, 4) is 0 Å². The number of nitrogens with zero attached hydrogens (tertiary/aromatic N) is 1. The minimum atomic E-state index is 0.791. The molecule has 0 spiro atoms. The van der Waals surface area contributed by atoms with Gasteiger partial charge in [-0.05, 0) is 6.42 Å². The number of thiazole rings is 1. The minimum absolute atomic E-state index is 0.791. The third-order valence-electron chi connectivity index (χ3n) is 1.52. The first-order valence-corrected chi connectivity index (χ1v) is 5.87. The summed E-state index contributed by atoms with van der Waals surface area (Å²) >= 11 is 5.02. The molecule has 0 radical (unpaired) electrons. The van der Waals surface area contributed by atoms with Crippen LogP contribution < -0.4 is 5.32 Å². The average molecular weight is 261 g/mol. The van der Waals surface area contributed by atoms with E-state index in [-0.39, 0.29) is 0 Å². The second-order valence-corrected chi connectivity index (χ2v) is 4.77. The van der Waals surface area contributed by atoms with Gasteiger partial charge in [0, 0.05) is 23.0 Å². The Morgan fingerprint density at radius 1 is 1.77 bits per heavy atom. The summed E-state index contributed by atoms with van der Waals surface area (Å²) in [5.41, 5.74) is 1.12. The van der Waals surface area contributed by atoms with Crippen molar-refractivity contribution in [2.24, 2.45) is 0 Å². The number of aryl methyl sites for hydroxylation is 1. The van der Waals surface area contributed by atoms with E-state index in [4.69, 9.17) is 0 Å². The highest BCUT2D eigenvalue weighted by Gasteiger charge is 1.98. The molecule has 0 saturated heterocycles. The lowest BCUT2D eigenvalue weighted by Gasteiger charge is -1.99. The van der Waals surface area contributed by atoms with Crippen LogP contribution in [0.2, 0.25) is 0 Å². The van der Waals surface area contributed by atoms with Crippen molar-refractivity contribution in [3.63, 3.8) is 0 Å². The Morgan fingerprint density at radius 3 is 3.08 bits per heavy atom. The average Bonchev–Trinajstić information content (AvgIpc) is 2.52. The molecule has 1 aromatic rings. The monoisotopic (exact) mass is 260 g/mol. The van der Waals surface area contributed by atoms with Gasteiger partial charge in [0.2, 0.25) is 0 Å². The van der Waals surface area contributed by atoms with Gasteiger partial charge in [0.15, 0.2) is 0 Å². The normalized spacial score (nSPS) is 10.3. The topological polar surface area (TPSA) is 24.9 Å². The Balaban J connectivity index is 2.32. The lowest BCUT2D eigenvalue weighted by atomic mass is 10.4. The van der Waals surface area contributed by atoms with Crippen LogP contribution in [0.25, 0.3) is 0 Å². The van der Waals surface area contributed by atoms with Gasteiger partial charge in [0.1, 0.15) is 0 Å². The molecule has 13 heavy (non-hydrogen) atoms. The predicted molar refractivity (Wildman–Crippen MR) is 61.3 cm³/mol. The maximum absolute atomic E-state index is 4.44. The van der Waals surface area contributed by atoms with Crippen molar-refractivity contribution in [3.05, 3.63) is 27.1 Å². The van der Waals surface area contributed by atoms with Gasteiger partial charge in [0.25, 0.3) is 0 Å². The molecule has 2 nitrogen and oxygen atoms in total. The Kier molecular flexibility index (Phi) is 4.62. The van der Waals surface area contributed by atoms with Crippen molar-refractivity contribution in [1.29, 1.82) is 0 Å². The molecule has 1 aromatic heterocycles. The predicted octanol–water partition coefficient (Wildman–Crippen LogP) is 2.70. The van der Waals surface area contributed by atoms with Gasteiger partial charge < -0.3 is 5.32 Å². The molecular weight excluding hydrogens is 248 g/mol. The van der Waals surface area contributed by atoms with Crippen molar-refractivity contribution < 1.29 is 0 Å². The van der Waals surface area contributed by atoms with Crippen LogP contribution in [0.4, 0.5) is 0 Å². The molecule has 72 valence electrons. The van der Waals surface area contributed by atoms with Crippen LogP contribution in [0, 0.1) is 0 Å². The largest absolute Gasteiger partial charge is 0.307 e. The van der Waals surface area contributed by atoms with Gasteiger partial charge in [0.05, 0.1) is 10.7 Å². The number of rotatable bonds is 5. The van der Waals surface area contributed by atoms with Crippen molar-refractivity contribution in [2.75, 3.05) is 6.54 Å². The number of aromatic nitrogens is 1. The van der Waals surface area contributed by atoms with E-state index in [9.17, 15) is 0 Å². The summed E-state index contributed by atoms with van der Waals surface area (Å²) in [6.45, 7) is 7.48. The number of nitrogens with one attached hydrogen (secondary N) is 1. The zero-order valence-electron chi connectivity index (χ0n) is 7.64.